The van der Waals surface area contributed by atoms with Crippen LogP contribution in [0.25, 0.3) is 0 Å². The molecule has 0 spiro atoms. The van der Waals surface area contributed by atoms with E-state index in [2.05, 4.69) is 0 Å². The minimum Gasteiger partial charge on any atom is -0.320 e. The van der Waals surface area contributed by atoms with Crippen LogP contribution in [-0.2, 0) is 11.2 Å². The first-order chi connectivity index (χ1) is 7.00. The van der Waals surface area contributed by atoms with E-state index < -0.39 is 6.04 Å². The maximum atomic E-state index is 11.4. The fraction of sp³-hybridized carbons (Fsp3) is 0.364. The van der Waals surface area contributed by atoms with Crippen LogP contribution in [0.3, 0.4) is 0 Å². The molecule has 0 aliphatic heterocycles. The number of carbonyl (C=O) groups is 1. The monoisotopic (exact) mass is 207 g/mol. The van der Waals surface area contributed by atoms with E-state index in [4.69, 9.17) is 11.6 Å². The molecule has 1 atom stereocenters. The Morgan fingerprint density at radius 3 is 2.73 bits per heavy atom. The van der Waals surface area contributed by atoms with Gasteiger partial charge in [0.15, 0.2) is 0 Å². The van der Waals surface area contributed by atoms with Crippen LogP contribution in [0, 0.1) is 6.92 Å². The molecule has 0 fully saturated rings. The number of nitrogens with zero attached hydrogens (tertiary/aromatic N) is 1. The number of amides is 1. The average molecular weight is 207 g/mol. The molecule has 0 aliphatic rings. The van der Waals surface area contributed by atoms with Crippen LogP contribution in [0.2, 0.25) is 0 Å². The Hall–Kier alpha value is -1.39. The van der Waals surface area contributed by atoms with Gasteiger partial charge in [0.05, 0.1) is 6.04 Å². The second-order valence-electron chi connectivity index (χ2n) is 3.75. The van der Waals surface area contributed by atoms with E-state index in [1.807, 2.05) is 31.2 Å². The third kappa shape index (κ3) is 3.34. The summed E-state index contributed by atoms with van der Waals surface area (Å²) in [5.41, 5.74) is 7.94. The molecule has 0 aromatic heterocycles. The van der Waals surface area contributed by atoms with E-state index in [1.165, 1.54) is 7.05 Å². The minimum absolute atomic E-state index is 0.253. The molecular weight excluding hydrogens is 190 g/mol. The van der Waals surface area contributed by atoms with Crippen molar-refractivity contribution in [1.29, 1.82) is 0 Å². The number of nitrogens with two attached hydrogens (primary N) is 2. The van der Waals surface area contributed by atoms with Gasteiger partial charge in [0.25, 0.3) is 5.91 Å². The second kappa shape index (κ2) is 4.91. The van der Waals surface area contributed by atoms with Gasteiger partial charge < -0.3 is 5.73 Å². The van der Waals surface area contributed by atoms with Crippen molar-refractivity contribution in [1.82, 2.24) is 5.01 Å². The number of rotatable bonds is 3. The average Bonchev–Trinajstić information content (AvgIpc) is 2.16. The molecule has 1 aromatic rings. The van der Waals surface area contributed by atoms with Crippen molar-refractivity contribution in [2.24, 2.45) is 11.6 Å². The summed E-state index contributed by atoms with van der Waals surface area (Å²) < 4.78 is 0. The van der Waals surface area contributed by atoms with Crippen LogP contribution in [0.1, 0.15) is 11.1 Å². The van der Waals surface area contributed by atoms with Crippen molar-refractivity contribution in [2.75, 3.05) is 7.05 Å². The molecule has 4 nitrogen and oxygen atoms in total. The summed E-state index contributed by atoms with van der Waals surface area (Å²) in [5, 5.41) is 1.03. The summed E-state index contributed by atoms with van der Waals surface area (Å²) in [4.78, 5) is 11.4. The highest BCUT2D eigenvalue weighted by Gasteiger charge is 2.16. The predicted octanol–water partition coefficient (Wildman–Crippen LogP) is 0.197. The van der Waals surface area contributed by atoms with Crippen LogP contribution in [0.5, 0.6) is 0 Å². The van der Waals surface area contributed by atoms with Crippen molar-refractivity contribution < 1.29 is 4.79 Å². The van der Waals surface area contributed by atoms with E-state index in [9.17, 15) is 4.79 Å². The highest BCUT2D eigenvalue weighted by molar-refractivity contribution is 5.81. The minimum atomic E-state index is -0.568. The zero-order valence-electron chi connectivity index (χ0n) is 9.10. The Bertz CT molecular complexity index is 349. The van der Waals surface area contributed by atoms with Gasteiger partial charge in [-0.15, -0.1) is 0 Å². The van der Waals surface area contributed by atoms with Crippen molar-refractivity contribution in [3.8, 4) is 0 Å². The Balaban J connectivity index is 2.66. The first-order valence-electron chi connectivity index (χ1n) is 4.84. The van der Waals surface area contributed by atoms with Gasteiger partial charge >= 0.3 is 0 Å². The summed E-state index contributed by atoms with van der Waals surface area (Å²) in [7, 11) is 1.50. The molecule has 0 radical (unpaired) electrons. The van der Waals surface area contributed by atoms with E-state index in [1.54, 1.807) is 0 Å². The lowest BCUT2D eigenvalue weighted by molar-refractivity contribution is -0.131. The van der Waals surface area contributed by atoms with E-state index in [0.29, 0.717) is 6.42 Å². The summed E-state index contributed by atoms with van der Waals surface area (Å²) >= 11 is 0. The number of hydrazine groups is 1. The number of likely N-dealkylation sites (N-methyl/N-ethyl adjacent to an activating group) is 1. The number of aryl methyl sites for hydroxylation is 1. The molecule has 4 heteroatoms. The molecule has 0 heterocycles. The largest absolute Gasteiger partial charge is 0.320 e. The van der Waals surface area contributed by atoms with Crippen LogP contribution in [-0.4, -0.2) is 24.0 Å². The van der Waals surface area contributed by atoms with E-state index >= 15 is 0 Å². The normalized spacial score (nSPS) is 12.3. The molecule has 4 N–H and O–H groups in total. The Morgan fingerprint density at radius 2 is 2.20 bits per heavy atom. The first-order valence-corrected chi connectivity index (χ1v) is 4.84. The third-order valence-corrected chi connectivity index (χ3v) is 2.20. The molecule has 0 bridgehead atoms. The van der Waals surface area contributed by atoms with Gasteiger partial charge in [0.2, 0.25) is 0 Å². The lowest BCUT2D eigenvalue weighted by Gasteiger charge is -2.16. The quantitative estimate of drug-likeness (QED) is 0.422. The van der Waals surface area contributed by atoms with E-state index in [0.717, 1.165) is 16.1 Å². The predicted molar refractivity (Wildman–Crippen MR) is 59.8 cm³/mol. The maximum Gasteiger partial charge on any atom is 0.253 e. The summed E-state index contributed by atoms with van der Waals surface area (Å²) in [6.45, 7) is 2.01. The van der Waals surface area contributed by atoms with Crippen LogP contribution in [0.15, 0.2) is 24.3 Å². The molecule has 1 unspecified atom stereocenters. The van der Waals surface area contributed by atoms with Gasteiger partial charge in [-0.2, -0.15) is 0 Å². The van der Waals surface area contributed by atoms with Gasteiger partial charge in [0.1, 0.15) is 0 Å². The molecule has 82 valence electrons. The number of benzene rings is 1. The van der Waals surface area contributed by atoms with Crippen molar-refractivity contribution in [3.63, 3.8) is 0 Å². The fourth-order valence-electron chi connectivity index (χ4n) is 1.44. The van der Waals surface area contributed by atoms with Crippen LogP contribution in [0.4, 0.5) is 0 Å². The van der Waals surface area contributed by atoms with Crippen LogP contribution < -0.4 is 11.6 Å². The topological polar surface area (TPSA) is 72.4 Å². The smallest absolute Gasteiger partial charge is 0.253 e. The van der Waals surface area contributed by atoms with Crippen molar-refractivity contribution >= 4 is 5.91 Å². The zero-order chi connectivity index (χ0) is 11.4. The fourth-order valence-corrected chi connectivity index (χ4v) is 1.44. The molecular formula is C11H17N3O. The van der Waals surface area contributed by atoms with Gasteiger partial charge in [-0.1, -0.05) is 29.8 Å². The molecule has 0 saturated heterocycles. The molecule has 0 saturated carbocycles. The van der Waals surface area contributed by atoms with Crippen molar-refractivity contribution in [2.45, 2.75) is 19.4 Å². The number of hydrogen-bond acceptors (Lipinski definition) is 3. The van der Waals surface area contributed by atoms with Gasteiger partial charge in [0, 0.05) is 7.05 Å². The second-order valence-corrected chi connectivity index (χ2v) is 3.75. The van der Waals surface area contributed by atoms with Gasteiger partial charge in [-0.05, 0) is 18.9 Å². The van der Waals surface area contributed by atoms with E-state index in [-0.39, 0.29) is 5.91 Å². The third-order valence-electron chi connectivity index (χ3n) is 2.20. The van der Waals surface area contributed by atoms with Gasteiger partial charge in [-0.3, -0.25) is 9.80 Å². The first kappa shape index (κ1) is 11.7. The molecule has 1 amide bonds. The summed E-state index contributed by atoms with van der Waals surface area (Å²) in [6, 6.07) is 7.36. The zero-order valence-corrected chi connectivity index (χ0v) is 9.10. The molecule has 15 heavy (non-hydrogen) atoms. The van der Waals surface area contributed by atoms with Gasteiger partial charge in [-0.25, -0.2) is 5.84 Å². The van der Waals surface area contributed by atoms with Crippen LogP contribution >= 0.6 is 0 Å². The SMILES string of the molecule is Cc1cccc(CC(N)C(=O)N(C)N)c1. The Kier molecular flexibility index (Phi) is 3.82. The molecule has 1 rings (SSSR count). The Morgan fingerprint density at radius 1 is 1.53 bits per heavy atom. The molecule has 1 aromatic carbocycles. The molecule has 0 aliphatic carbocycles. The van der Waals surface area contributed by atoms with Crippen molar-refractivity contribution in [3.05, 3.63) is 35.4 Å². The number of hydrogen-bond donors (Lipinski definition) is 2. The standard InChI is InChI=1S/C11H17N3O/c1-8-4-3-5-9(6-8)7-10(12)11(15)14(2)13/h3-6,10H,7,12-13H2,1-2H3. The summed E-state index contributed by atoms with van der Waals surface area (Å²) in [5.74, 6) is 5.07. The summed E-state index contributed by atoms with van der Waals surface area (Å²) in [6.07, 6.45) is 0.516. The lowest BCUT2D eigenvalue weighted by atomic mass is 10.0. The highest BCUT2D eigenvalue weighted by atomic mass is 16.2. The number of carbonyl (C=O) groups excluding carboxylic acids is 1. The highest BCUT2D eigenvalue weighted by Crippen LogP contribution is 2.06. The Labute approximate surface area is 89.8 Å². The maximum absolute atomic E-state index is 11.4. The lowest BCUT2D eigenvalue weighted by Crippen LogP contribution is -2.46.